The number of para-hydroxylation sites is 1. The van der Waals surface area contributed by atoms with E-state index in [1.54, 1.807) is 6.26 Å². The van der Waals surface area contributed by atoms with Gasteiger partial charge in [0.2, 0.25) is 0 Å². The number of hydrogen-bond acceptors (Lipinski definition) is 3. The van der Waals surface area contributed by atoms with Crippen molar-refractivity contribution >= 4 is 5.69 Å². The zero-order valence-corrected chi connectivity index (χ0v) is 8.31. The van der Waals surface area contributed by atoms with Crippen LogP contribution in [-0.4, -0.2) is 4.98 Å². The normalized spacial score (nSPS) is 17.6. The topological polar surface area (TPSA) is 52.0 Å². The van der Waals surface area contributed by atoms with Gasteiger partial charge in [0.1, 0.15) is 6.26 Å². The van der Waals surface area contributed by atoms with Gasteiger partial charge in [-0.05, 0) is 24.5 Å². The maximum atomic E-state index is 5.99. The fourth-order valence-corrected chi connectivity index (χ4v) is 2.17. The van der Waals surface area contributed by atoms with Crippen LogP contribution < -0.4 is 5.73 Å². The Morgan fingerprint density at radius 2 is 2.07 bits per heavy atom. The van der Waals surface area contributed by atoms with Gasteiger partial charge in [0.05, 0.1) is 5.69 Å². The van der Waals surface area contributed by atoms with Crippen molar-refractivity contribution < 1.29 is 4.42 Å². The molecule has 2 N–H and O–H groups in total. The molecule has 15 heavy (non-hydrogen) atoms. The molecule has 0 saturated heterocycles. The molecule has 3 rings (SSSR count). The van der Waals surface area contributed by atoms with Gasteiger partial charge in [0, 0.05) is 11.1 Å². The van der Waals surface area contributed by atoms with Gasteiger partial charge >= 0.3 is 0 Å². The molecule has 0 unspecified atom stereocenters. The predicted molar refractivity (Wildman–Crippen MR) is 57.4 cm³/mol. The average molecular weight is 200 g/mol. The molecule has 0 aliphatic heterocycles. The van der Waals surface area contributed by atoms with E-state index in [4.69, 9.17) is 10.2 Å². The minimum Gasteiger partial charge on any atom is -0.451 e. The zero-order chi connectivity index (χ0) is 10.3. The third kappa shape index (κ3) is 1.16. The standard InChI is InChI=1S/C12H12N2O/c13-10-4-2-1-3-9(10)12(5-6-12)11-7-15-8-14-11/h1-4,7-8H,5-6,13H2. The highest BCUT2D eigenvalue weighted by molar-refractivity contribution is 5.56. The smallest absolute Gasteiger partial charge is 0.180 e. The third-order valence-corrected chi connectivity index (χ3v) is 3.15. The van der Waals surface area contributed by atoms with Crippen molar-refractivity contribution in [2.24, 2.45) is 0 Å². The Hall–Kier alpha value is -1.77. The Balaban J connectivity index is 2.12. The number of aromatic nitrogens is 1. The predicted octanol–water partition coefficient (Wildman–Crippen LogP) is 2.34. The molecule has 3 heteroatoms. The van der Waals surface area contributed by atoms with Gasteiger partial charge in [0.25, 0.3) is 0 Å². The molecule has 1 fully saturated rings. The summed E-state index contributed by atoms with van der Waals surface area (Å²) in [6, 6.07) is 8.00. The van der Waals surface area contributed by atoms with Gasteiger partial charge in [-0.1, -0.05) is 18.2 Å². The lowest BCUT2D eigenvalue weighted by Crippen LogP contribution is -2.11. The Morgan fingerprint density at radius 3 is 2.67 bits per heavy atom. The van der Waals surface area contributed by atoms with E-state index in [2.05, 4.69) is 11.1 Å². The van der Waals surface area contributed by atoms with E-state index in [0.29, 0.717) is 0 Å². The molecule has 1 aromatic carbocycles. The molecule has 1 aliphatic rings. The van der Waals surface area contributed by atoms with E-state index in [9.17, 15) is 0 Å². The molecular weight excluding hydrogens is 188 g/mol. The van der Waals surface area contributed by atoms with Crippen LogP contribution in [0.2, 0.25) is 0 Å². The summed E-state index contributed by atoms with van der Waals surface area (Å²) in [5, 5.41) is 0. The van der Waals surface area contributed by atoms with Crippen molar-refractivity contribution in [3.63, 3.8) is 0 Å². The molecule has 1 heterocycles. The number of oxazole rings is 1. The van der Waals surface area contributed by atoms with Gasteiger partial charge in [0.15, 0.2) is 6.39 Å². The van der Waals surface area contributed by atoms with Crippen LogP contribution in [0.3, 0.4) is 0 Å². The minimum atomic E-state index is 0.0261. The Morgan fingerprint density at radius 1 is 1.27 bits per heavy atom. The second kappa shape index (κ2) is 2.86. The molecule has 0 bridgehead atoms. The highest BCUT2D eigenvalue weighted by atomic mass is 16.3. The Kier molecular flexibility index (Phi) is 1.63. The number of nitrogens with two attached hydrogens (primary N) is 1. The van der Waals surface area contributed by atoms with E-state index in [1.807, 2.05) is 18.2 Å². The van der Waals surface area contributed by atoms with Gasteiger partial charge in [-0.15, -0.1) is 0 Å². The highest BCUT2D eigenvalue weighted by Crippen LogP contribution is 2.54. The molecule has 1 saturated carbocycles. The van der Waals surface area contributed by atoms with Crippen molar-refractivity contribution in [3.05, 3.63) is 48.2 Å². The number of hydrogen-bond donors (Lipinski definition) is 1. The van der Waals surface area contributed by atoms with Gasteiger partial charge in [-0.25, -0.2) is 4.98 Å². The molecule has 0 amide bonds. The van der Waals surface area contributed by atoms with Crippen molar-refractivity contribution in [2.75, 3.05) is 5.73 Å². The average Bonchev–Trinajstić information content (AvgIpc) is 2.87. The first kappa shape index (κ1) is 8.53. The van der Waals surface area contributed by atoms with Crippen LogP contribution in [0.25, 0.3) is 0 Å². The highest BCUT2D eigenvalue weighted by Gasteiger charge is 2.48. The summed E-state index contributed by atoms with van der Waals surface area (Å²) in [6.45, 7) is 0. The fourth-order valence-electron chi connectivity index (χ4n) is 2.17. The Bertz CT molecular complexity index is 472. The van der Waals surface area contributed by atoms with Crippen LogP contribution in [0.4, 0.5) is 5.69 Å². The Labute approximate surface area is 87.9 Å². The second-order valence-electron chi connectivity index (χ2n) is 4.04. The van der Waals surface area contributed by atoms with Crippen LogP contribution in [0.15, 0.2) is 41.3 Å². The molecular formula is C12H12N2O. The summed E-state index contributed by atoms with van der Waals surface area (Å²) in [5.41, 5.74) is 9.05. The number of benzene rings is 1. The van der Waals surface area contributed by atoms with Crippen LogP contribution in [-0.2, 0) is 5.41 Å². The second-order valence-corrected chi connectivity index (χ2v) is 4.04. The van der Waals surface area contributed by atoms with Crippen LogP contribution in [0.5, 0.6) is 0 Å². The lowest BCUT2D eigenvalue weighted by molar-refractivity contribution is 0.555. The SMILES string of the molecule is Nc1ccccc1C1(c2cocn2)CC1. The number of nitrogen functional groups attached to an aromatic ring is 1. The van der Waals surface area contributed by atoms with Crippen molar-refractivity contribution in [3.8, 4) is 0 Å². The third-order valence-electron chi connectivity index (χ3n) is 3.15. The largest absolute Gasteiger partial charge is 0.451 e. The molecule has 2 aromatic rings. The van der Waals surface area contributed by atoms with E-state index < -0.39 is 0 Å². The maximum absolute atomic E-state index is 5.99. The first-order valence-corrected chi connectivity index (χ1v) is 5.07. The van der Waals surface area contributed by atoms with Gasteiger partial charge < -0.3 is 10.2 Å². The van der Waals surface area contributed by atoms with Crippen molar-refractivity contribution in [2.45, 2.75) is 18.3 Å². The first-order valence-electron chi connectivity index (χ1n) is 5.07. The monoisotopic (exact) mass is 200 g/mol. The summed E-state index contributed by atoms with van der Waals surface area (Å²) in [7, 11) is 0. The van der Waals surface area contributed by atoms with Crippen LogP contribution in [0.1, 0.15) is 24.1 Å². The fraction of sp³-hybridized carbons (Fsp3) is 0.250. The van der Waals surface area contributed by atoms with Crippen LogP contribution in [0, 0.1) is 0 Å². The number of nitrogens with zero attached hydrogens (tertiary/aromatic N) is 1. The van der Waals surface area contributed by atoms with E-state index in [0.717, 1.165) is 24.2 Å². The van der Waals surface area contributed by atoms with E-state index in [-0.39, 0.29) is 5.41 Å². The summed E-state index contributed by atoms with van der Waals surface area (Å²) in [6.07, 6.45) is 5.41. The molecule has 0 spiro atoms. The summed E-state index contributed by atoms with van der Waals surface area (Å²) in [5.74, 6) is 0. The molecule has 1 aromatic heterocycles. The molecule has 0 atom stereocenters. The van der Waals surface area contributed by atoms with Crippen molar-refractivity contribution in [1.29, 1.82) is 0 Å². The maximum Gasteiger partial charge on any atom is 0.180 e. The van der Waals surface area contributed by atoms with Crippen molar-refractivity contribution in [1.82, 2.24) is 4.98 Å². The summed E-state index contributed by atoms with van der Waals surface area (Å²) >= 11 is 0. The lowest BCUT2D eigenvalue weighted by atomic mass is 9.91. The molecule has 76 valence electrons. The van der Waals surface area contributed by atoms with E-state index >= 15 is 0 Å². The molecule has 0 radical (unpaired) electrons. The minimum absolute atomic E-state index is 0.0261. The quantitative estimate of drug-likeness (QED) is 0.757. The number of rotatable bonds is 2. The molecule has 3 nitrogen and oxygen atoms in total. The van der Waals surface area contributed by atoms with E-state index in [1.165, 1.54) is 12.0 Å². The zero-order valence-electron chi connectivity index (χ0n) is 8.31. The lowest BCUT2D eigenvalue weighted by Gasteiger charge is -2.14. The summed E-state index contributed by atoms with van der Waals surface area (Å²) in [4.78, 5) is 4.25. The first-order chi connectivity index (χ1) is 7.33. The number of anilines is 1. The van der Waals surface area contributed by atoms with Crippen LogP contribution >= 0.6 is 0 Å². The van der Waals surface area contributed by atoms with Gasteiger partial charge in [-0.3, -0.25) is 0 Å². The summed E-state index contributed by atoms with van der Waals surface area (Å²) < 4.78 is 5.05. The molecule has 1 aliphatic carbocycles. The van der Waals surface area contributed by atoms with Gasteiger partial charge in [-0.2, -0.15) is 0 Å².